The summed E-state index contributed by atoms with van der Waals surface area (Å²) in [5.74, 6) is 0.280. The highest BCUT2D eigenvalue weighted by molar-refractivity contribution is 5.81. The average Bonchev–Trinajstić information content (AvgIpc) is 3.17. The van der Waals surface area contributed by atoms with Crippen LogP contribution in [-0.4, -0.2) is 30.4 Å². The van der Waals surface area contributed by atoms with Gasteiger partial charge in [0.15, 0.2) is 0 Å². The molecule has 0 spiro atoms. The van der Waals surface area contributed by atoms with Gasteiger partial charge < -0.3 is 16.4 Å². The smallest absolute Gasteiger partial charge is 0.225 e. The van der Waals surface area contributed by atoms with Gasteiger partial charge in [-0.05, 0) is 32.6 Å². The summed E-state index contributed by atoms with van der Waals surface area (Å²) in [6, 6.07) is 0. The van der Waals surface area contributed by atoms with E-state index in [0.29, 0.717) is 13.1 Å². The number of nitrogens with two attached hydrogens (primary N) is 1. The van der Waals surface area contributed by atoms with Gasteiger partial charge in [-0.2, -0.15) is 0 Å². The Morgan fingerprint density at radius 3 is 2.32 bits per heavy atom. The molecule has 0 aromatic carbocycles. The highest BCUT2D eigenvalue weighted by atomic mass is 16.2. The first-order valence-corrected chi connectivity index (χ1v) is 7.35. The SMILES string of the molecule is CC1(N)CCCCC1C(=O)NCCNC(=O)C1CC1. The third kappa shape index (κ3) is 3.93. The molecule has 19 heavy (non-hydrogen) atoms. The Morgan fingerprint density at radius 1 is 1.11 bits per heavy atom. The number of amides is 2. The van der Waals surface area contributed by atoms with Gasteiger partial charge in [-0.15, -0.1) is 0 Å². The van der Waals surface area contributed by atoms with E-state index in [1.54, 1.807) is 0 Å². The molecule has 0 aromatic heterocycles. The lowest BCUT2D eigenvalue weighted by Gasteiger charge is -2.37. The van der Waals surface area contributed by atoms with Gasteiger partial charge in [-0.1, -0.05) is 12.8 Å². The minimum Gasteiger partial charge on any atom is -0.354 e. The first-order valence-electron chi connectivity index (χ1n) is 7.35. The molecule has 2 saturated carbocycles. The van der Waals surface area contributed by atoms with E-state index in [-0.39, 0.29) is 29.2 Å². The Morgan fingerprint density at radius 2 is 1.74 bits per heavy atom. The number of rotatable bonds is 5. The van der Waals surface area contributed by atoms with Gasteiger partial charge in [0.05, 0.1) is 5.92 Å². The molecule has 2 unspecified atom stereocenters. The van der Waals surface area contributed by atoms with Gasteiger partial charge in [-0.25, -0.2) is 0 Å². The van der Waals surface area contributed by atoms with Gasteiger partial charge >= 0.3 is 0 Å². The zero-order chi connectivity index (χ0) is 13.9. The van der Waals surface area contributed by atoms with Crippen molar-refractivity contribution in [2.24, 2.45) is 17.6 Å². The summed E-state index contributed by atoms with van der Waals surface area (Å²) in [6.07, 6.45) is 5.96. The normalized spacial score (nSPS) is 30.7. The van der Waals surface area contributed by atoms with Gasteiger partial charge in [0, 0.05) is 24.5 Å². The second kappa shape index (κ2) is 5.90. The second-order valence-corrected chi connectivity index (χ2v) is 6.16. The molecule has 4 N–H and O–H groups in total. The van der Waals surface area contributed by atoms with Gasteiger partial charge in [0.25, 0.3) is 0 Å². The first kappa shape index (κ1) is 14.3. The number of carbonyl (C=O) groups is 2. The van der Waals surface area contributed by atoms with Crippen molar-refractivity contribution in [2.45, 2.75) is 51.0 Å². The van der Waals surface area contributed by atoms with E-state index in [0.717, 1.165) is 38.5 Å². The minimum atomic E-state index is -0.389. The van der Waals surface area contributed by atoms with E-state index in [9.17, 15) is 9.59 Å². The van der Waals surface area contributed by atoms with Crippen molar-refractivity contribution in [3.63, 3.8) is 0 Å². The largest absolute Gasteiger partial charge is 0.354 e. The lowest BCUT2D eigenvalue weighted by Crippen LogP contribution is -2.53. The Labute approximate surface area is 114 Å². The van der Waals surface area contributed by atoms with Crippen LogP contribution in [0.25, 0.3) is 0 Å². The van der Waals surface area contributed by atoms with Crippen LogP contribution in [0.5, 0.6) is 0 Å². The van der Waals surface area contributed by atoms with Crippen molar-refractivity contribution in [1.82, 2.24) is 10.6 Å². The number of nitrogens with one attached hydrogen (secondary N) is 2. The number of hydrogen-bond acceptors (Lipinski definition) is 3. The predicted molar refractivity (Wildman–Crippen MR) is 73.3 cm³/mol. The highest BCUT2D eigenvalue weighted by Crippen LogP contribution is 2.31. The molecule has 0 radical (unpaired) electrons. The standard InChI is InChI=1S/C14H25N3O2/c1-14(15)7-3-2-4-11(14)13(19)17-9-8-16-12(18)10-5-6-10/h10-11H,2-9,15H2,1H3,(H,16,18)(H,17,19). The summed E-state index contributed by atoms with van der Waals surface area (Å²) >= 11 is 0. The van der Waals surface area contributed by atoms with E-state index >= 15 is 0 Å². The summed E-state index contributed by atoms with van der Waals surface area (Å²) in [5, 5.41) is 5.73. The fourth-order valence-corrected chi connectivity index (χ4v) is 2.77. The summed E-state index contributed by atoms with van der Waals surface area (Å²) in [7, 11) is 0. The zero-order valence-corrected chi connectivity index (χ0v) is 11.7. The molecule has 0 aromatic rings. The third-order valence-electron chi connectivity index (χ3n) is 4.24. The van der Waals surface area contributed by atoms with Crippen molar-refractivity contribution in [2.75, 3.05) is 13.1 Å². The van der Waals surface area contributed by atoms with Crippen molar-refractivity contribution < 1.29 is 9.59 Å². The van der Waals surface area contributed by atoms with Gasteiger partial charge in [0.2, 0.25) is 11.8 Å². The molecule has 0 bridgehead atoms. The summed E-state index contributed by atoms with van der Waals surface area (Å²) in [4.78, 5) is 23.5. The lowest BCUT2D eigenvalue weighted by molar-refractivity contribution is -0.128. The molecule has 0 heterocycles. The molecule has 2 aliphatic rings. The molecule has 2 rings (SSSR count). The van der Waals surface area contributed by atoms with Crippen LogP contribution in [0.4, 0.5) is 0 Å². The van der Waals surface area contributed by atoms with Crippen LogP contribution < -0.4 is 16.4 Å². The molecule has 2 amide bonds. The summed E-state index contributed by atoms with van der Waals surface area (Å²) < 4.78 is 0. The predicted octanol–water partition coefficient (Wildman–Crippen LogP) is 0.536. The molecule has 108 valence electrons. The van der Waals surface area contributed by atoms with Crippen LogP contribution in [0.1, 0.15) is 45.4 Å². The highest BCUT2D eigenvalue weighted by Gasteiger charge is 2.37. The van der Waals surface area contributed by atoms with E-state index in [1.165, 1.54) is 0 Å². The molecule has 0 aliphatic heterocycles. The van der Waals surface area contributed by atoms with E-state index in [4.69, 9.17) is 5.73 Å². The fraction of sp³-hybridized carbons (Fsp3) is 0.857. The van der Waals surface area contributed by atoms with Crippen LogP contribution in [-0.2, 0) is 9.59 Å². The first-order chi connectivity index (χ1) is 9.00. The van der Waals surface area contributed by atoms with Crippen molar-refractivity contribution in [3.05, 3.63) is 0 Å². The molecular formula is C14H25N3O2. The molecule has 2 atom stereocenters. The zero-order valence-electron chi connectivity index (χ0n) is 11.7. The maximum atomic E-state index is 12.1. The quantitative estimate of drug-likeness (QED) is 0.636. The third-order valence-corrected chi connectivity index (χ3v) is 4.24. The van der Waals surface area contributed by atoms with Crippen molar-refractivity contribution in [3.8, 4) is 0 Å². The van der Waals surface area contributed by atoms with Gasteiger partial charge in [0.1, 0.15) is 0 Å². The van der Waals surface area contributed by atoms with E-state index < -0.39 is 0 Å². The molecular weight excluding hydrogens is 242 g/mol. The van der Waals surface area contributed by atoms with Crippen molar-refractivity contribution >= 4 is 11.8 Å². The Hall–Kier alpha value is -1.10. The topological polar surface area (TPSA) is 84.2 Å². The van der Waals surface area contributed by atoms with Crippen LogP contribution in [0.3, 0.4) is 0 Å². The van der Waals surface area contributed by atoms with Crippen LogP contribution in [0.15, 0.2) is 0 Å². The lowest BCUT2D eigenvalue weighted by atomic mass is 9.74. The van der Waals surface area contributed by atoms with Crippen LogP contribution in [0, 0.1) is 11.8 Å². The molecule has 2 fully saturated rings. The van der Waals surface area contributed by atoms with E-state index in [2.05, 4.69) is 10.6 Å². The number of hydrogen-bond donors (Lipinski definition) is 3. The molecule has 0 saturated heterocycles. The Bertz CT molecular complexity index is 351. The summed E-state index contributed by atoms with van der Waals surface area (Å²) in [5.41, 5.74) is 5.80. The second-order valence-electron chi connectivity index (χ2n) is 6.16. The van der Waals surface area contributed by atoms with Crippen molar-refractivity contribution in [1.29, 1.82) is 0 Å². The fourth-order valence-electron chi connectivity index (χ4n) is 2.77. The maximum Gasteiger partial charge on any atom is 0.225 e. The molecule has 5 heteroatoms. The monoisotopic (exact) mass is 267 g/mol. The minimum absolute atomic E-state index is 0.0328. The molecule has 2 aliphatic carbocycles. The van der Waals surface area contributed by atoms with Crippen LogP contribution >= 0.6 is 0 Å². The van der Waals surface area contributed by atoms with Crippen LogP contribution in [0.2, 0.25) is 0 Å². The van der Waals surface area contributed by atoms with Gasteiger partial charge in [-0.3, -0.25) is 9.59 Å². The number of carbonyl (C=O) groups excluding carboxylic acids is 2. The average molecular weight is 267 g/mol. The maximum absolute atomic E-state index is 12.1. The van der Waals surface area contributed by atoms with E-state index in [1.807, 2.05) is 6.92 Å². The Kier molecular flexibility index (Phi) is 4.45. The molecule has 5 nitrogen and oxygen atoms in total. The Balaban J connectivity index is 1.67. The summed E-state index contributed by atoms with van der Waals surface area (Å²) in [6.45, 7) is 2.96.